The van der Waals surface area contributed by atoms with Crippen LogP contribution >= 0.6 is 11.6 Å². The zero-order valence-electron chi connectivity index (χ0n) is 20.0. The predicted molar refractivity (Wildman–Crippen MR) is 134 cm³/mol. The summed E-state index contributed by atoms with van der Waals surface area (Å²) in [5.74, 6) is -1.60. The van der Waals surface area contributed by atoms with Gasteiger partial charge in [-0.25, -0.2) is 9.38 Å². The van der Waals surface area contributed by atoms with E-state index in [2.05, 4.69) is 15.2 Å². The number of aromatic hydroxyl groups is 1. The van der Waals surface area contributed by atoms with E-state index >= 15 is 0 Å². The number of hydrogen-bond acceptors (Lipinski definition) is 6. The van der Waals surface area contributed by atoms with Crippen molar-refractivity contribution in [3.05, 3.63) is 74.7 Å². The Morgan fingerprint density at radius 3 is 2.53 bits per heavy atom. The molecule has 2 aromatic carbocycles. The van der Waals surface area contributed by atoms with Crippen molar-refractivity contribution in [1.82, 2.24) is 24.2 Å². The Morgan fingerprint density at radius 2 is 1.82 bits per heavy atom. The number of fused-ring (bicyclic) bond motifs is 3. The van der Waals surface area contributed by atoms with E-state index in [1.54, 1.807) is 16.7 Å². The molecule has 2 aromatic heterocycles. The molecule has 38 heavy (non-hydrogen) atoms. The number of amides is 1. The fourth-order valence-corrected chi connectivity index (χ4v) is 4.72. The molecule has 1 amide bonds. The summed E-state index contributed by atoms with van der Waals surface area (Å²) < 4.78 is 48.0. The number of carbonyl (C=O) groups excluding carboxylic acids is 1. The van der Waals surface area contributed by atoms with Gasteiger partial charge in [0.1, 0.15) is 0 Å². The zero-order chi connectivity index (χ0) is 27.0. The number of halogens is 4. The van der Waals surface area contributed by atoms with E-state index in [-0.39, 0.29) is 17.9 Å². The summed E-state index contributed by atoms with van der Waals surface area (Å²) in [6.07, 6.45) is -4.66. The second-order valence-corrected chi connectivity index (χ2v) is 9.25. The predicted octanol–water partition coefficient (Wildman–Crippen LogP) is 3.29. The normalized spacial score (nSPS) is 14.8. The van der Waals surface area contributed by atoms with Gasteiger partial charge < -0.3 is 19.7 Å². The number of imidazole rings is 1. The lowest BCUT2D eigenvalue weighted by Crippen LogP contribution is -2.38. The first kappa shape index (κ1) is 26.0. The smallest absolute Gasteiger partial charge is 0.417 e. The molecule has 1 fully saturated rings. The van der Waals surface area contributed by atoms with Crippen LogP contribution in [0.15, 0.2) is 47.3 Å². The lowest BCUT2D eigenvalue weighted by molar-refractivity contribution is -0.137. The molecule has 1 saturated heterocycles. The minimum absolute atomic E-state index is 0.131. The SMILES string of the molecule is O=C(NCc1ccc(Cl)c(C(F)(F)F)c1)c1nc2n(CCN3CCOCC3)c3ccccc3n2c(=O)c1O. The number of nitrogens with zero attached hydrogens (tertiary/aromatic N) is 4. The van der Waals surface area contributed by atoms with Crippen molar-refractivity contribution in [2.75, 3.05) is 32.8 Å². The van der Waals surface area contributed by atoms with Crippen molar-refractivity contribution in [3.63, 3.8) is 0 Å². The van der Waals surface area contributed by atoms with E-state index in [1.165, 1.54) is 10.5 Å². The number of aromatic nitrogens is 3. The van der Waals surface area contributed by atoms with Crippen LogP contribution in [0.25, 0.3) is 16.8 Å². The Balaban J connectivity index is 1.48. The number of carbonyl (C=O) groups is 1. The van der Waals surface area contributed by atoms with Crippen LogP contribution in [0.3, 0.4) is 0 Å². The molecule has 2 N–H and O–H groups in total. The number of hydrogen-bond donors (Lipinski definition) is 2. The summed E-state index contributed by atoms with van der Waals surface area (Å²) in [5.41, 5.74) is -1.03. The van der Waals surface area contributed by atoms with Crippen LogP contribution in [0.2, 0.25) is 5.02 Å². The lowest BCUT2D eigenvalue weighted by Gasteiger charge is -2.26. The minimum Gasteiger partial charge on any atom is -0.501 e. The van der Waals surface area contributed by atoms with Crippen molar-refractivity contribution < 1.29 is 27.8 Å². The van der Waals surface area contributed by atoms with Gasteiger partial charge in [0.15, 0.2) is 5.69 Å². The summed E-state index contributed by atoms with van der Waals surface area (Å²) in [6.45, 7) is 3.58. The van der Waals surface area contributed by atoms with Gasteiger partial charge in [-0.1, -0.05) is 29.8 Å². The molecule has 1 aliphatic heterocycles. The molecule has 0 atom stereocenters. The number of rotatable bonds is 6. The molecule has 0 bridgehead atoms. The first-order valence-electron chi connectivity index (χ1n) is 11.8. The molecule has 200 valence electrons. The van der Waals surface area contributed by atoms with Gasteiger partial charge in [-0.3, -0.25) is 14.5 Å². The van der Waals surface area contributed by atoms with Crippen LogP contribution in [0.1, 0.15) is 21.6 Å². The first-order chi connectivity index (χ1) is 18.1. The van der Waals surface area contributed by atoms with Gasteiger partial charge in [-0.2, -0.15) is 13.2 Å². The highest BCUT2D eigenvalue weighted by molar-refractivity contribution is 6.31. The maximum Gasteiger partial charge on any atom is 0.417 e. The van der Waals surface area contributed by atoms with Gasteiger partial charge in [0.25, 0.3) is 5.91 Å². The monoisotopic (exact) mass is 549 g/mol. The van der Waals surface area contributed by atoms with E-state index in [9.17, 15) is 27.9 Å². The summed E-state index contributed by atoms with van der Waals surface area (Å²) in [5, 5.41) is 12.6. The van der Waals surface area contributed by atoms with Crippen molar-refractivity contribution in [2.45, 2.75) is 19.3 Å². The van der Waals surface area contributed by atoms with Crippen LogP contribution < -0.4 is 10.9 Å². The Kier molecular flexibility index (Phi) is 7.03. The van der Waals surface area contributed by atoms with Crippen LogP contribution in [0.5, 0.6) is 5.75 Å². The third-order valence-electron chi connectivity index (χ3n) is 6.44. The fourth-order valence-electron chi connectivity index (χ4n) is 4.50. The third kappa shape index (κ3) is 4.94. The molecule has 0 spiro atoms. The van der Waals surface area contributed by atoms with Gasteiger partial charge in [-0.15, -0.1) is 0 Å². The van der Waals surface area contributed by atoms with Gasteiger partial charge in [0.2, 0.25) is 11.5 Å². The molecule has 0 aliphatic carbocycles. The summed E-state index contributed by atoms with van der Waals surface area (Å²) in [4.78, 5) is 32.7. The third-order valence-corrected chi connectivity index (χ3v) is 6.77. The number of morpholine rings is 1. The summed E-state index contributed by atoms with van der Waals surface area (Å²) in [7, 11) is 0. The summed E-state index contributed by atoms with van der Waals surface area (Å²) in [6, 6.07) is 10.4. The Morgan fingerprint density at radius 1 is 1.11 bits per heavy atom. The average Bonchev–Trinajstić information content (AvgIpc) is 3.22. The van der Waals surface area contributed by atoms with Crippen molar-refractivity contribution in [2.24, 2.45) is 0 Å². The minimum atomic E-state index is -4.66. The van der Waals surface area contributed by atoms with Crippen molar-refractivity contribution in [3.8, 4) is 5.75 Å². The Labute approximate surface area is 219 Å². The molecule has 0 radical (unpaired) electrons. The molecule has 1 aliphatic rings. The second kappa shape index (κ2) is 10.3. The maximum atomic E-state index is 13.2. The molecule has 0 unspecified atom stereocenters. The second-order valence-electron chi connectivity index (χ2n) is 8.84. The number of alkyl halides is 3. The van der Waals surface area contributed by atoms with E-state index in [0.29, 0.717) is 37.3 Å². The van der Waals surface area contributed by atoms with E-state index in [1.807, 2.05) is 12.1 Å². The first-order valence-corrected chi connectivity index (χ1v) is 12.2. The molecule has 3 heterocycles. The standard InChI is InChI=1S/C25H23ClF3N5O4/c26-17-6-5-15(13-16(17)25(27,28)29)14-30-22(36)20-21(35)23(37)34-19-4-2-1-3-18(19)33(24(34)31-20)8-7-32-9-11-38-12-10-32/h1-6,13,35H,7-12,14H2,(H,30,36). The number of para-hydroxylation sites is 2. The molecule has 5 rings (SSSR count). The Hall–Kier alpha value is -3.61. The van der Waals surface area contributed by atoms with E-state index in [0.717, 1.165) is 25.2 Å². The van der Waals surface area contributed by atoms with Crippen LogP contribution in [0, 0.1) is 0 Å². The number of nitrogens with one attached hydrogen (secondary N) is 1. The van der Waals surface area contributed by atoms with Crippen LogP contribution in [0.4, 0.5) is 13.2 Å². The molecular weight excluding hydrogens is 527 g/mol. The van der Waals surface area contributed by atoms with Crippen molar-refractivity contribution in [1.29, 1.82) is 0 Å². The number of benzene rings is 2. The molecule has 9 nitrogen and oxygen atoms in total. The van der Waals surface area contributed by atoms with Crippen molar-refractivity contribution >= 4 is 34.3 Å². The fraction of sp³-hybridized carbons (Fsp3) is 0.320. The molecule has 13 heteroatoms. The lowest BCUT2D eigenvalue weighted by atomic mass is 10.1. The molecular formula is C25H23ClF3N5O4. The number of ether oxygens (including phenoxy) is 1. The zero-order valence-corrected chi connectivity index (χ0v) is 20.7. The van der Waals surface area contributed by atoms with Crippen LogP contribution in [-0.2, 0) is 24.0 Å². The topological polar surface area (TPSA) is 101 Å². The van der Waals surface area contributed by atoms with E-state index in [4.69, 9.17) is 16.3 Å². The quantitative estimate of drug-likeness (QED) is 0.383. The van der Waals surface area contributed by atoms with Gasteiger partial charge in [-0.05, 0) is 29.8 Å². The molecule has 4 aromatic rings. The average molecular weight is 550 g/mol. The summed E-state index contributed by atoms with van der Waals surface area (Å²) >= 11 is 5.66. The maximum absolute atomic E-state index is 13.2. The highest BCUT2D eigenvalue weighted by Crippen LogP contribution is 2.35. The van der Waals surface area contributed by atoms with Crippen LogP contribution in [-0.4, -0.2) is 62.7 Å². The largest absolute Gasteiger partial charge is 0.501 e. The van der Waals surface area contributed by atoms with Gasteiger partial charge in [0.05, 0.1) is 34.8 Å². The van der Waals surface area contributed by atoms with Gasteiger partial charge in [0, 0.05) is 32.7 Å². The Bertz CT molecular complexity index is 1580. The van der Waals surface area contributed by atoms with Gasteiger partial charge >= 0.3 is 11.7 Å². The highest BCUT2D eigenvalue weighted by Gasteiger charge is 2.33. The highest BCUT2D eigenvalue weighted by atomic mass is 35.5. The molecule has 0 saturated carbocycles. The van der Waals surface area contributed by atoms with E-state index < -0.39 is 39.7 Å².